The normalized spacial score (nSPS) is 11.3. The summed E-state index contributed by atoms with van der Waals surface area (Å²) in [7, 11) is -2.98. The Balaban J connectivity index is 2.80. The van der Waals surface area contributed by atoms with E-state index < -0.39 is 9.84 Å². The lowest BCUT2D eigenvalue weighted by Crippen LogP contribution is -2.10. The van der Waals surface area contributed by atoms with Crippen molar-refractivity contribution < 1.29 is 8.42 Å². The zero-order valence-corrected chi connectivity index (χ0v) is 10.8. The topological polar surface area (TPSA) is 60.2 Å². The van der Waals surface area contributed by atoms with Gasteiger partial charge in [0.1, 0.15) is 4.99 Å². The molecule has 0 saturated heterocycles. The molecule has 0 fully saturated rings. The third-order valence-corrected chi connectivity index (χ3v) is 4.18. The van der Waals surface area contributed by atoms with Gasteiger partial charge >= 0.3 is 0 Å². The van der Waals surface area contributed by atoms with Gasteiger partial charge in [-0.3, -0.25) is 0 Å². The van der Waals surface area contributed by atoms with Crippen molar-refractivity contribution in [3.63, 3.8) is 0 Å². The molecular formula is C11H15NO2S2. The molecule has 0 amide bonds. The van der Waals surface area contributed by atoms with Gasteiger partial charge in [0.15, 0.2) is 9.84 Å². The van der Waals surface area contributed by atoms with E-state index in [9.17, 15) is 8.42 Å². The molecule has 0 aliphatic rings. The lowest BCUT2D eigenvalue weighted by atomic mass is 10.1. The van der Waals surface area contributed by atoms with Crippen molar-refractivity contribution in [2.45, 2.75) is 19.1 Å². The van der Waals surface area contributed by atoms with Crippen molar-refractivity contribution in [1.82, 2.24) is 0 Å². The van der Waals surface area contributed by atoms with Crippen LogP contribution in [0.2, 0.25) is 0 Å². The van der Waals surface area contributed by atoms with E-state index >= 15 is 0 Å². The van der Waals surface area contributed by atoms with E-state index in [2.05, 4.69) is 0 Å². The molecule has 5 heteroatoms. The largest absolute Gasteiger partial charge is 0.389 e. The van der Waals surface area contributed by atoms with Crippen LogP contribution in [0, 0.1) is 0 Å². The number of hydrogen-bond acceptors (Lipinski definition) is 3. The van der Waals surface area contributed by atoms with Gasteiger partial charge < -0.3 is 5.73 Å². The summed E-state index contributed by atoms with van der Waals surface area (Å²) < 4.78 is 23.1. The molecule has 0 bridgehead atoms. The Labute approximate surface area is 102 Å². The molecule has 0 aliphatic carbocycles. The molecule has 16 heavy (non-hydrogen) atoms. The van der Waals surface area contributed by atoms with Gasteiger partial charge in [-0.05, 0) is 12.0 Å². The van der Waals surface area contributed by atoms with Crippen LogP contribution in [-0.2, 0) is 15.6 Å². The second-order valence-electron chi connectivity index (χ2n) is 3.65. The van der Waals surface area contributed by atoms with Crippen LogP contribution in [0.25, 0.3) is 0 Å². The van der Waals surface area contributed by atoms with E-state index in [1.54, 1.807) is 24.3 Å². The van der Waals surface area contributed by atoms with Crippen LogP contribution >= 0.6 is 12.2 Å². The van der Waals surface area contributed by atoms with Gasteiger partial charge in [-0.2, -0.15) is 0 Å². The fraction of sp³-hybridized carbons (Fsp3) is 0.364. The summed E-state index contributed by atoms with van der Waals surface area (Å²) in [6, 6.07) is 7.00. The van der Waals surface area contributed by atoms with Gasteiger partial charge in [-0.1, -0.05) is 43.4 Å². The molecule has 0 radical (unpaired) electrons. The van der Waals surface area contributed by atoms with E-state index in [1.165, 1.54) is 0 Å². The molecule has 1 rings (SSSR count). The minimum absolute atomic E-state index is 0.0818. The van der Waals surface area contributed by atoms with E-state index in [0.29, 0.717) is 11.4 Å². The van der Waals surface area contributed by atoms with Crippen molar-refractivity contribution in [3.05, 3.63) is 35.4 Å². The Kier molecular flexibility index (Phi) is 4.44. The van der Waals surface area contributed by atoms with Crippen molar-refractivity contribution >= 4 is 27.0 Å². The molecule has 3 nitrogen and oxygen atoms in total. The summed E-state index contributed by atoms with van der Waals surface area (Å²) in [5, 5.41) is 0. The smallest absolute Gasteiger partial charge is 0.154 e. The average molecular weight is 257 g/mol. The predicted octanol–water partition coefficient (Wildman–Crippen LogP) is 1.65. The molecule has 88 valence electrons. The SMILES string of the molecule is CCCS(=O)(=O)Cc1ccc(C(N)=S)cc1. The maximum Gasteiger partial charge on any atom is 0.154 e. The highest BCUT2D eigenvalue weighted by Gasteiger charge is 2.10. The molecule has 0 spiro atoms. The first kappa shape index (κ1) is 13.1. The number of benzene rings is 1. The molecular weight excluding hydrogens is 242 g/mol. The summed E-state index contributed by atoms with van der Waals surface area (Å²) in [6.07, 6.45) is 0.646. The maximum atomic E-state index is 11.6. The van der Waals surface area contributed by atoms with E-state index in [4.69, 9.17) is 18.0 Å². The molecule has 1 aromatic rings. The predicted molar refractivity (Wildman–Crippen MR) is 70.1 cm³/mol. The Hall–Kier alpha value is -0.940. The van der Waals surface area contributed by atoms with E-state index in [1.807, 2.05) is 6.92 Å². The van der Waals surface area contributed by atoms with Crippen LogP contribution in [0.15, 0.2) is 24.3 Å². The van der Waals surface area contributed by atoms with Gasteiger partial charge in [0, 0.05) is 5.56 Å². The lowest BCUT2D eigenvalue weighted by Gasteiger charge is -2.04. The van der Waals surface area contributed by atoms with Crippen LogP contribution in [0.1, 0.15) is 24.5 Å². The van der Waals surface area contributed by atoms with Gasteiger partial charge in [0.05, 0.1) is 11.5 Å². The molecule has 0 unspecified atom stereocenters. The monoisotopic (exact) mass is 257 g/mol. The van der Waals surface area contributed by atoms with Crippen LogP contribution in [0.3, 0.4) is 0 Å². The minimum atomic E-state index is -2.98. The molecule has 0 aromatic heterocycles. The van der Waals surface area contributed by atoms with Crippen LogP contribution in [0.4, 0.5) is 0 Å². The molecule has 0 atom stereocenters. The molecule has 0 aliphatic heterocycles. The second-order valence-corrected chi connectivity index (χ2v) is 6.28. The molecule has 0 saturated carbocycles. The standard InChI is InChI=1S/C11H15NO2S2/c1-2-7-16(13,14)8-9-3-5-10(6-4-9)11(12)15/h3-6H,2,7-8H2,1H3,(H2,12,15). The van der Waals surface area contributed by atoms with Crippen molar-refractivity contribution in [2.24, 2.45) is 5.73 Å². The first-order valence-electron chi connectivity index (χ1n) is 5.04. The summed E-state index contributed by atoms with van der Waals surface area (Å²) in [5.41, 5.74) is 6.98. The zero-order valence-electron chi connectivity index (χ0n) is 9.14. The molecule has 2 N–H and O–H groups in total. The third kappa shape index (κ3) is 3.90. The van der Waals surface area contributed by atoms with Crippen molar-refractivity contribution in [2.75, 3.05) is 5.75 Å². The summed E-state index contributed by atoms with van der Waals surface area (Å²) >= 11 is 4.82. The number of sulfone groups is 1. The lowest BCUT2D eigenvalue weighted by molar-refractivity contribution is 0.594. The number of hydrogen-bond donors (Lipinski definition) is 1. The zero-order chi connectivity index (χ0) is 12.2. The fourth-order valence-corrected chi connectivity index (χ4v) is 3.01. The summed E-state index contributed by atoms with van der Waals surface area (Å²) in [5.74, 6) is 0.308. The quantitative estimate of drug-likeness (QED) is 0.815. The highest BCUT2D eigenvalue weighted by Crippen LogP contribution is 2.09. The molecule has 0 heterocycles. The minimum Gasteiger partial charge on any atom is -0.389 e. The highest BCUT2D eigenvalue weighted by atomic mass is 32.2. The first-order chi connectivity index (χ1) is 7.44. The maximum absolute atomic E-state index is 11.6. The summed E-state index contributed by atoms with van der Waals surface area (Å²) in [6.45, 7) is 1.85. The van der Waals surface area contributed by atoms with E-state index in [0.717, 1.165) is 11.1 Å². The number of thiocarbonyl (C=S) groups is 1. The van der Waals surface area contributed by atoms with Gasteiger partial charge in [0.2, 0.25) is 0 Å². The molecule has 1 aromatic carbocycles. The second kappa shape index (κ2) is 5.41. The Morgan fingerprint density at radius 1 is 1.31 bits per heavy atom. The van der Waals surface area contributed by atoms with Crippen LogP contribution in [-0.4, -0.2) is 19.2 Å². The Morgan fingerprint density at radius 3 is 2.31 bits per heavy atom. The number of rotatable bonds is 5. The highest BCUT2D eigenvalue weighted by molar-refractivity contribution is 7.90. The van der Waals surface area contributed by atoms with Crippen LogP contribution in [0.5, 0.6) is 0 Å². The van der Waals surface area contributed by atoms with Gasteiger partial charge in [-0.25, -0.2) is 8.42 Å². The Morgan fingerprint density at radius 2 is 1.88 bits per heavy atom. The van der Waals surface area contributed by atoms with Gasteiger partial charge in [0.25, 0.3) is 0 Å². The number of nitrogens with two attached hydrogens (primary N) is 1. The van der Waals surface area contributed by atoms with Gasteiger partial charge in [-0.15, -0.1) is 0 Å². The third-order valence-electron chi connectivity index (χ3n) is 2.14. The van der Waals surface area contributed by atoms with Crippen molar-refractivity contribution in [3.8, 4) is 0 Å². The Bertz CT molecular complexity index is 463. The van der Waals surface area contributed by atoms with Crippen molar-refractivity contribution in [1.29, 1.82) is 0 Å². The fourth-order valence-electron chi connectivity index (χ4n) is 1.40. The average Bonchev–Trinajstić information content (AvgIpc) is 2.17. The van der Waals surface area contributed by atoms with Crippen LogP contribution < -0.4 is 5.73 Å². The first-order valence-corrected chi connectivity index (χ1v) is 7.27. The summed E-state index contributed by atoms with van der Waals surface area (Å²) in [4.78, 5) is 0.322. The van der Waals surface area contributed by atoms with E-state index in [-0.39, 0.29) is 11.5 Å².